The van der Waals surface area contributed by atoms with Gasteiger partial charge >= 0.3 is 0 Å². The molecule has 2 rings (SSSR count). The van der Waals surface area contributed by atoms with Gasteiger partial charge in [0.25, 0.3) is 0 Å². The Morgan fingerprint density at radius 2 is 1.86 bits per heavy atom. The van der Waals surface area contributed by atoms with Crippen LogP contribution in [-0.4, -0.2) is 53.7 Å². The molecule has 1 aromatic carbocycles. The van der Waals surface area contributed by atoms with Gasteiger partial charge in [-0.2, -0.15) is 4.98 Å². The van der Waals surface area contributed by atoms with Gasteiger partial charge in [0.1, 0.15) is 12.7 Å². The Balaban J connectivity index is 2.48. The van der Waals surface area contributed by atoms with Crippen LogP contribution < -0.4 is 14.2 Å². The number of aromatic nitrogens is 2. The monoisotopic (exact) mass is 314 g/mol. The van der Waals surface area contributed by atoms with Crippen LogP contribution in [0.2, 0.25) is 5.28 Å². The molecule has 0 saturated carbocycles. The third-order valence-corrected chi connectivity index (χ3v) is 2.93. The average molecular weight is 315 g/mol. The standard InChI is InChI=1S/C13H15ClN2O5/c1-19-10-3-8-9(4-11(10)20-2)15-13(14)16-12(8)21-6-7(18)5-17/h3-4,7,17-18H,5-6H2,1-2H3. The number of ether oxygens (including phenoxy) is 3. The maximum atomic E-state index is 9.35. The molecule has 1 atom stereocenters. The average Bonchev–Trinajstić information content (AvgIpc) is 2.50. The molecule has 1 heterocycles. The molecule has 8 heteroatoms. The number of fused-ring (bicyclic) bond motifs is 1. The molecule has 1 unspecified atom stereocenters. The zero-order valence-electron chi connectivity index (χ0n) is 11.5. The van der Waals surface area contributed by atoms with Crippen molar-refractivity contribution < 1.29 is 24.4 Å². The second-order valence-corrected chi connectivity index (χ2v) is 4.51. The summed E-state index contributed by atoms with van der Waals surface area (Å²) in [6, 6.07) is 3.31. The van der Waals surface area contributed by atoms with E-state index in [1.165, 1.54) is 14.2 Å². The maximum absolute atomic E-state index is 9.35. The topological polar surface area (TPSA) is 93.9 Å². The van der Waals surface area contributed by atoms with Crippen LogP contribution in [0.25, 0.3) is 10.9 Å². The van der Waals surface area contributed by atoms with Gasteiger partial charge in [-0.1, -0.05) is 0 Å². The maximum Gasteiger partial charge on any atom is 0.226 e. The van der Waals surface area contributed by atoms with Crippen LogP contribution >= 0.6 is 11.6 Å². The van der Waals surface area contributed by atoms with E-state index in [-0.39, 0.29) is 17.8 Å². The van der Waals surface area contributed by atoms with Gasteiger partial charge in [0.2, 0.25) is 11.2 Å². The van der Waals surface area contributed by atoms with Crippen molar-refractivity contribution in [2.45, 2.75) is 6.10 Å². The molecule has 114 valence electrons. The van der Waals surface area contributed by atoms with Crippen molar-refractivity contribution in [1.29, 1.82) is 0 Å². The Hall–Kier alpha value is -1.83. The van der Waals surface area contributed by atoms with Crippen molar-refractivity contribution in [2.24, 2.45) is 0 Å². The van der Waals surface area contributed by atoms with E-state index in [4.69, 9.17) is 30.9 Å². The second kappa shape index (κ2) is 6.75. The van der Waals surface area contributed by atoms with Crippen molar-refractivity contribution in [1.82, 2.24) is 9.97 Å². The number of aliphatic hydroxyl groups is 2. The smallest absolute Gasteiger partial charge is 0.226 e. The van der Waals surface area contributed by atoms with Gasteiger partial charge in [-0.05, 0) is 17.7 Å². The molecule has 0 amide bonds. The number of benzene rings is 1. The largest absolute Gasteiger partial charge is 0.493 e. The molecule has 2 N–H and O–H groups in total. The Morgan fingerprint density at radius 1 is 1.19 bits per heavy atom. The highest BCUT2D eigenvalue weighted by atomic mass is 35.5. The summed E-state index contributed by atoms with van der Waals surface area (Å²) in [5.74, 6) is 1.18. The fourth-order valence-electron chi connectivity index (χ4n) is 1.74. The van der Waals surface area contributed by atoms with Crippen LogP contribution in [0.5, 0.6) is 17.4 Å². The summed E-state index contributed by atoms with van der Waals surface area (Å²) in [6.45, 7) is -0.527. The van der Waals surface area contributed by atoms with Crippen molar-refractivity contribution in [3.05, 3.63) is 17.4 Å². The summed E-state index contributed by atoms with van der Waals surface area (Å²) in [5.41, 5.74) is 0.515. The van der Waals surface area contributed by atoms with Crippen LogP contribution in [0.4, 0.5) is 0 Å². The van der Waals surface area contributed by atoms with E-state index in [9.17, 15) is 5.11 Å². The van der Waals surface area contributed by atoms with Gasteiger partial charge < -0.3 is 24.4 Å². The lowest BCUT2D eigenvalue weighted by Crippen LogP contribution is -2.21. The molecule has 0 radical (unpaired) electrons. The molecular formula is C13H15ClN2O5. The number of nitrogens with zero attached hydrogens (tertiary/aromatic N) is 2. The predicted octanol–water partition coefficient (Wildman–Crippen LogP) is 1.03. The normalized spacial score (nSPS) is 12.2. The van der Waals surface area contributed by atoms with E-state index in [1.807, 2.05) is 0 Å². The number of hydrogen-bond acceptors (Lipinski definition) is 7. The van der Waals surface area contributed by atoms with Crippen molar-refractivity contribution in [2.75, 3.05) is 27.4 Å². The Labute approximate surface area is 126 Å². The highest BCUT2D eigenvalue weighted by molar-refractivity contribution is 6.28. The fourth-order valence-corrected chi connectivity index (χ4v) is 1.91. The van der Waals surface area contributed by atoms with Gasteiger partial charge in [-0.25, -0.2) is 4.98 Å². The highest BCUT2D eigenvalue weighted by Gasteiger charge is 2.14. The lowest BCUT2D eigenvalue weighted by Gasteiger charge is -2.13. The molecule has 0 fully saturated rings. The fraction of sp³-hybridized carbons (Fsp3) is 0.385. The minimum atomic E-state index is -1.01. The summed E-state index contributed by atoms with van der Waals surface area (Å²) in [7, 11) is 3.03. The first-order valence-corrected chi connectivity index (χ1v) is 6.47. The van der Waals surface area contributed by atoms with Crippen molar-refractivity contribution in [3.63, 3.8) is 0 Å². The van der Waals surface area contributed by atoms with E-state index in [1.54, 1.807) is 12.1 Å². The van der Waals surface area contributed by atoms with Crippen LogP contribution in [-0.2, 0) is 0 Å². The van der Waals surface area contributed by atoms with Crippen LogP contribution in [0.15, 0.2) is 12.1 Å². The summed E-state index contributed by atoms with van der Waals surface area (Å²) < 4.78 is 15.8. The highest BCUT2D eigenvalue weighted by Crippen LogP contribution is 2.35. The van der Waals surface area contributed by atoms with Gasteiger partial charge in [0.15, 0.2) is 11.5 Å². The molecular weight excluding hydrogens is 300 g/mol. The summed E-state index contributed by atoms with van der Waals surface area (Å²) in [4.78, 5) is 8.08. The lowest BCUT2D eigenvalue weighted by atomic mass is 10.2. The SMILES string of the molecule is COc1cc2nc(Cl)nc(OCC(O)CO)c2cc1OC. The molecule has 21 heavy (non-hydrogen) atoms. The summed E-state index contributed by atoms with van der Waals surface area (Å²) >= 11 is 5.86. The third-order valence-electron chi connectivity index (χ3n) is 2.76. The quantitative estimate of drug-likeness (QED) is 0.769. The van der Waals surface area contributed by atoms with E-state index in [0.29, 0.717) is 22.4 Å². The van der Waals surface area contributed by atoms with Gasteiger partial charge in [-0.15, -0.1) is 0 Å². The van der Waals surface area contributed by atoms with E-state index in [0.717, 1.165) is 0 Å². The number of halogens is 1. The molecule has 0 saturated heterocycles. The zero-order chi connectivity index (χ0) is 15.4. The molecule has 2 aromatic rings. The van der Waals surface area contributed by atoms with E-state index < -0.39 is 12.7 Å². The molecule has 0 spiro atoms. The minimum absolute atomic E-state index is 0.00297. The number of aliphatic hydroxyl groups excluding tert-OH is 2. The first-order chi connectivity index (χ1) is 10.1. The van der Waals surface area contributed by atoms with Crippen molar-refractivity contribution >= 4 is 22.5 Å². The predicted molar refractivity (Wildman–Crippen MR) is 76.2 cm³/mol. The zero-order valence-corrected chi connectivity index (χ0v) is 12.3. The van der Waals surface area contributed by atoms with Gasteiger partial charge in [-0.3, -0.25) is 0 Å². The minimum Gasteiger partial charge on any atom is -0.493 e. The number of rotatable bonds is 6. The molecule has 0 bridgehead atoms. The molecule has 0 aliphatic carbocycles. The first kappa shape index (κ1) is 15.6. The Bertz CT molecular complexity index is 637. The lowest BCUT2D eigenvalue weighted by molar-refractivity contribution is 0.0526. The van der Waals surface area contributed by atoms with Gasteiger partial charge in [0.05, 0.1) is 31.7 Å². The Kier molecular flexibility index (Phi) is 5.00. The first-order valence-electron chi connectivity index (χ1n) is 6.10. The second-order valence-electron chi connectivity index (χ2n) is 4.17. The molecule has 0 aliphatic heterocycles. The van der Waals surface area contributed by atoms with Gasteiger partial charge in [0, 0.05) is 6.07 Å². The number of hydrogen-bond donors (Lipinski definition) is 2. The summed E-state index contributed by atoms with van der Waals surface area (Å²) in [5, 5.41) is 18.7. The van der Waals surface area contributed by atoms with Crippen LogP contribution in [0.1, 0.15) is 0 Å². The summed E-state index contributed by atoms with van der Waals surface area (Å²) in [6.07, 6.45) is -1.01. The molecule has 1 aromatic heterocycles. The van der Waals surface area contributed by atoms with E-state index in [2.05, 4.69) is 9.97 Å². The number of methoxy groups -OCH3 is 2. The third kappa shape index (κ3) is 3.44. The molecule has 7 nitrogen and oxygen atoms in total. The Morgan fingerprint density at radius 3 is 2.48 bits per heavy atom. The van der Waals surface area contributed by atoms with Crippen LogP contribution in [0.3, 0.4) is 0 Å². The molecule has 0 aliphatic rings. The van der Waals surface area contributed by atoms with Crippen molar-refractivity contribution in [3.8, 4) is 17.4 Å². The van der Waals surface area contributed by atoms with E-state index >= 15 is 0 Å². The van der Waals surface area contributed by atoms with Crippen LogP contribution in [0, 0.1) is 0 Å².